The first kappa shape index (κ1) is 27.3. The molecule has 1 N–H and O–H groups in total. The van der Waals surface area contributed by atoms with Crippen LogP contribution >= 0.6 is 0 Å². The summed E-state index contributed by atoms with van der Waals surface area (Å²) < 4.78 is 26.5. The number of carbonyl (C=O) groups is 2. The molecule has 4 aromatic rings. The molecule has 0 bridgehead atoms. The number of carbonyl (C=O) groups excluding carboxylic acids is 2. The van der Waals surface area contributed by atoms with Gasteiger partial charge < -0.3 is 19.7 Å². The Morgan fingerprint density at radius 2 is 1.90 bits per heavy atom. The SMILES string of the molecule is CCOc1ccc([C@H](C(=O)NC[C@H]2CCCO2)N(Cc2ccc(F)cc2)C(=O)Cn2nnc3ccccc32)cc1. The number of ether oxygens (including phenoxy) is 2. The molecule has 0 radical (unpaired) electrons. The van der Waals surface area contributed by atoms with Crippen LogP contribution in [-0.2, 0) is 27.4 Å². The molecule has 1 fully saturated rings. The number of fused-ring (bicyclic) bond motifs is 1. The molecule has 5 rings (SSSR count). The second-order valence-electron chi connectivity index (χ2n) is 9.67. The van der Waals surface area contributed by atoms with E-state index in [-0.39, 0.29) is 36.8 Å². The second kappa shape index (κ2) is 12.7. The molecular weight excluding hydrogens is 513 g/mol. The molecule has 1 aliphatic rings. The molecule has 10 heteroatoms. The summed E-state index contributed by atoms with van der Waals surface area (Å²) >= 11 is 0. The summed E-state index contributed by atoms with van der Waals surface area (Å²) in [6, 6.07) is 19.4. The predicted octanol–water partition coefficient (Wildman–Crippen LogP) is 4.03. The third-order valence-corrected chi connectivity index (χ3v) is 6.89. The zero-order valence-corrected chi connectivity index (χ0v) is 22.3. The molecule has 1 aromatic heterocycles. The van der Waals surface area contributed by atoms with Gasteiger partial charge in [0.15, 0.2) is 0 Å². The summed E-state index contributed by atoms with van der Waals surface area (Å²) in [5.41, 5.74) is 2.67. The summed E-state index contributed by atoms with van der Waals surface area (Å²) in [4.78, 5) is 29.3. The van der Waals surface area contributed by atoms with Gasteiger partial charge in [0.2, 0.25) is 11.8 Å². The van der Waals surface area contributed by atoms with Crippen LogP contribution in [0.15, 0.2) is 72.8 Å². The van der Waals surface area contributed by atoms with E-state index in [2.05, 4.69) is 15.6 Å². The minimum absolute atomic E-state index is 0.0623. The topological polar surface area (TPSA) is 98.6 Å². The highest BCUT2D eigenvalue weighted by Gasteiger charge is 2.33. The maximum atomic E-state index is 14.0. The van der Waals surface area contributed by atoms with Gasteiger partial charge in [0.1, 0.15) is 29.7 Å². The van der Waals surface area contributed by atoms with Gasteiger partial charge in [-0.05, 0) is 67.3 Å². The number of hydrogen-bond acceptors (Lipinski definition) is 6. The van der Waals surface area contributed by atoms with Gasteiger partial charge in [-0.3, -0.25) is 9.59 Å². The average Bonchev–Trinajstić information content (AvgIpc) is 3.64. The van der Waals surface area contributed by atoms with Crippen molar-refractivity contribution >= 4 is 22.8 Å². The summed E-state index contributed by atoms with van der Waals surface area (Å²) in [5, 5.41) is 11.3. The number of benzene rings is 3. The third kappa shape index (κ3) is 6.45. The van der Waals surface area contributed by atoms with Crippen molar-refractivity contribution in [3.05, 3.63) is 89.7 Å². The largest absolute Gasteiger partial charge is 0.494 e. The lowest BCUT2D eigenvalue weighted by molar-refractivity contribution is -0.142. The highest BCUT2D eigenvalue weighted by Crippen LogP contribution is 2.27. The summed E-state index contributed by atoms with van der Waals surface area (Å²) in [7, 11) is 0. The van der Waals surface area contributed by atoms with E-state index >= 15 is 0 Å². The minimum Gasteiger partial charge on any atom is -0.494 e. The monoisotopic (exact) mass is 545 g/mol. The fourth-order valence-electron chi connectivity index (χ4n) is 4.87. The third-order valence-electron chi connectivity index (χ3n) is 6.89. The van der Waals surface area contributed by atoms with Crippen molar-refractivity contribution in [1.29, 1.82) is 0 Å². The van der Waals surface area contributed by atoms with Crippen LogP contribution in [0.1, 0.15) is 36.9 Å². The molecular formula is C30H32FN5O4. The van der Waals surface area contributed by atoms with Gasteiger partial charge in [-0.2, -0.15) is 0 Å². The molecule has 0 aliphatic carbocycles. The molecule has 3 aromatic carbocycles. The molecule has 0 saturated carbocycles. The van der Waals surface area contributed by atoms with E-state index < -0.39 is 6.04 Å². The highest BCUT2D eigenvalue weighted by atomic mass is 19.1. The molecule has 0 unspecified atom stereocenters. The van der Waals surface area contributed by atoms with Crippen molar-refractivity contribution in [3.8, 4) is 5.75 Å². The van der Waals surface area contributed by atoms with Gasteiger partial charge in [0.05, 0.1) is 18.2 Å². The van der Waals surface area contributed by atoms with Crippen LogP contribution in [-0.4, -0.2) is 57.6 Å². The fourth-order valence-corrected chi connectivity index (χ4v) is 4.87. The van der Waals surface area contributed by atoms with E-state index in [0.29, 0.717) is 47.7 Å². The Kier molecular flexibility index (Phi) is 8.65. The highest BCUT2D eigenvalue weighted by molar-refractivity contribution is 5.89. The lowest BCUT2D eigenvalue weighted by Crippen LogP contribution is -2.46. The van der Waals surface area contributed by atoms with Crippen LogP contribution in [0.5, 0.6) is 5.75 Å². The lowest BCUT2D eigenvalue weighted by atomic mass is 10.0. The Hall–Kier alpha value is -4.31. The van der Waals surface area contributed by atoms with Crippen molar-refractivity contribution < 1.29 is 23.5 Å². The molecule has 1 saturated heterocycles. The molecule has 2 heterocycles. The van der Waals surface area contributed by atoms with Crippen LogP contribution in [0, 0.1) is 5.82 Å². The van der Waals surface area contributed by atoms with Crippen molar-refractivity contribution in [2.24, 2.45) is 0 Å². The summed E-state index contributed by atoms with van der Waals surface area (Å²) in [6.07, 6.45) is 1.75. The summed E-state index contributed by atoms with van der Waals surface area (Å²) in [5.74, 6) is -0.395. The molecule has 1 aliphatic heterocycles. The maximum absolute atomic E-state index is 14.0. The van der Waals surface area contributed by atoms with E-state index in [0.717, 1.165) is 12.8 Å². The molecule has 208 valence electrons. The minimum atomic E-state index is -0.968. The van der Waals surface area contributed by atoms with E-state index in [1.54, 1.807) is 36.4 Å². The van der Waals surface area contributed by atoms with Crippen molar-refractivity contribution in [2.75, 3.05) is 19.8 Å². The number of halogens is 1. The van der Waals surface area contributed by atoms with E-state index in [4.69, 9.17) is 9.47 Å². The van der Waals surface area contributed by atoms with Crippen LogP contribution in [0.25, 0.3) is 11.0 Å². The molecule has 2 amide bonds. The number of para-hydroxylation sites is 1. The number of nitrogens with one attached hydrogen (secondary N) is 1. The number of hydrogen-bond donors (Lipinski definition) is 1. The fraction of sp³-hybridized carbons (Fsp3) is 0.333. The number of rotatable bonds is 11. The first-order valence-corrected chi connectivity index (χ1v) is 13.5. The van der Waals surface area contributed by atoms with Crippen LogP contribution in [0.3, 0.4) is 0 Å². The lowest BCUT2D eigenvalue weighted by Gasteiger charge is -2.32. The Bertz CT molecular complexity index is 1430. The zero-order valence-electron chi connectivity index (χ0n) is 22.3. The molecule has 2 atom stereocenters. The van der Waals surface area contributed by atoms with E-state index in [1.807, 2.05) is 31.2 Å². The number of nitrogens with zero attached hydrogens (tertiary/aromatic N) is 4. The first-order chi connectivity index (χ1) is 19.5. The van der Waals surface area contributed by atoms with Crippen molar-refractivity contribution in [2.45, 2.75) is 45.0 Å². The van der Waals surface area contributed by atoms with Crippen molar-refractivity contribution in [3.63, 3.8) is 0 Å². The Morgan fingerprint density at radius 3 is 2.62 bits per heavy atom. The van der Waals surface area contributed by atoms with Crippen LogP contribution in [0.2, 0.25) is 0 Å². The predicted molar refractivity (Wildman–Crippen MR) is 147 cm³/mol. The Balaban J connectivity index is 1.49. The first-order valence-electron chi connectivity index (χ1n) is 13.5. The molecule has 9 nitrogen and oxygen atoms in total. The van der Waals surface area contributed by atoms with Gasteiger partial charge in [0.25, 0.3) is 0 Å². The van der Waals surface area contributed by atoms with E-state index in [9.17, 15) is 14.0 Å². The maximum Gasteiger partial charge on any atom is 0.247 e. The quantitative estimate of drug-likeness (QED) is 0.306. The second-order valence-corrected chi connectivity index (χ2v) is 9.67. The van der Waals surface area contributed by atoms with Gasteiger partial charge >= 0.3 is 0 Å². The van der Waals surface area contributed by atoms with Gasteiger partial charge in [-0.1, -0.05) is 41.6 Å². The van der Waals surface area contributed by atoms with Gasteiger partial charge in [0, 0.05) is 19.7 Å². The van der Waals surface area contributed by atoms with Crippen molar-refractivity contribution in [1.82, 2.24) is 25.2 Å². The standard InChI is InChI=1S/C30H32FN5O4/c1-2-39-24-15-11-22(12-16-24)29(30(38)32-18-25-6-5-17-40-25)35(19-21-9-13-23(31)14-10-21)28(37)20-36-27-8-4-3-7-26(27)33-34-36/h3-4,7-16,25,29H,2,5-6,17-20H2,1H3,(H,32,38)/t25-,29-/m1/s1. The number of aromatic nitrogens is 3. The van der Waals surface area contributed by atoms with Crippen LogP contribution < -0.4 is 10.1 Å². The van der Waals surface area contributed by atoms with Gasteiger partial charge in [-0.15, -0.1) is 5.10 Å². The van der Waals surface area contributed by atoms with Gasteiger partial charge in [-0.25, -0.2) is 9.07 Å². The summed E-state index contributed by atoms with van der Waals surface area (Å²) in [6.45, 7) is 3.37. The Morgan fingerprint density at radius 1 is 1.12 bits per heavy atom. The normalized spacial score (nSPS) is 15.6. The average molecular weight is 546 g/mol. The Labute approximate surface area is 231 Å². The zero-order chi connectivity index (χ0) is 27.9. The number of amides is 2. The molecule has 40 heavy (non-hydrogen) atoms. The molecule has 0 spiro atoms. The van der Waals surface area contributed by atoms with Crippen LogP contribution in [0.4, 0.5) is 4.39 Å². The smallest absolute Gasteiger partial charge is 0.247 e. The van der Waals surface area contributed by atoms with E-state index in [1.165, 1.54) is 21.7 Å².